The van der Waals surface area contributed by atoms with Gasteiger partial charge >= 0.3 is 5.97 Å². The Bertz CT molecular complexity index is 522. The Morgan fingerprint density at radius 1 is 1.29 bits per heavy atom. The Balaban J connectivity index is 1.97. The first-order valence-corrected chi connectivity index (χ1v) is 6.68. The van der Waals surface area contributed by atoms with Gasteiger partial charge in [-0.1, -0.05) is 12.1 Å². The lowest BCUT2D eigenvalue weighted by molar-refractivity contribution is 0.0697. The minimum absolute atomic E-state index is 0.325. The van der Waals surface area contributed by atoms with E-state index in [9.17, 15) is 4.79 Å². The molecule has 1 aromatic carbocycles. The molecule has 0 saturated carbocycles. The average Bonchev–Trinajstić information content (AvgIpc) is 2.73. The maximum absolute atomic E-state index is 10.7. The molecule has 0 spiro atoms. The summed E-state index contributed by atoms with van der Waals surface area (Å²) in [5, 5.41) is 9.86. The van der Waals surface area contributed by atoms with Crippen molar-refractivity contribution in [2.75, 3.05) is 0 Å². The number of halogens is 1. The number of nitrogens with zero attached hydrogens (tertiary/aromatic N) is 1. The van der Waals surface area contributed by atoms with Crippen LogP contribution in [-0.4, -0.2) is 16.1 Å². The Kier molecular flexibility index (Phi) is 3.91. The fourth-order valence-electron chi connectivity index (χ4n) is 1.47. The van der Waals surface area contributed by atoms with Gasteiger partial charge in [-0.15, -0.1) is 11.3 Å². The van der Waals surface area contributed by atoms with Crippen molar-refractivity contribution in [1.29, 1.82) is 0 Å². The molecule has 0 unspecified atom stereocenters. The molecule has 88 valence electrons. The van der Waals surface area contributed by atoms with E-state index in [2.05, 4.69) is 20.9 Å². The lowest BCUT2D eigenvalue weighted by atomic mass is 10.1. The molecule has 0 aliphatic heterocycles. The van der Waals surface area contributed by atoms with Crippen LogP contribution in [0, 0.1) is 0 Å². The van der Waals surface area contributed by atoms with Gasteiger partial charge in [0.1, 0.15) is 0 Å². The first-order chi connectivity index (χ1) is 8.15. The topological polar surface area (TPSA) is 50.2 Å². The minimum Gasteiger partial charge on any atom is -0.478 e. The predicted octanol–water partition coefficient (Wildman–Crippen LogP) is 3.39. The molecule has 0 bridgehead atoms. The molecule has 0 amide bonds. The SMILES string of the molecule is O=C(O)c1ccc(CCc2ncc(Br)s2)cc1. The standard InChI is InChI=1S/C12H10BrNO2S/c13-10-7-14-11(17-10)6-3-8-1-4-9(5-2-8)12(15)16/h1-2,4-5,7H,3,6H2,(H,15,16). The third-order valence-corrected chi connectivity index (χ3v) is 3.89. The van der Waals surface area contributed by atoms with Crippen LogP contribution < -0.4 is 0 Å². The molecule has 0 saturated heterocycles. The van der Waals surface area contributed by atoms with E-state index in [4.69, 9.17) is 5.11 Å². The maximum Gasteiger partial charge on any atom is 0.335 e. The lowest BCUT2D eigenvalue weighted by Gasteiger charge is -2.00. The number of hydrogen-bond donors (Lipinski definition) is 1. The van der Waals surface area contributed by atoms with Crippen LogP contribution in [0.3, 0.4) is 0 Å². The van der Waals surface area contributed by atoms with Crippen molar-refractivity contribution in [1.82, 2.24) is 4.98 Å². The van der Waals surface area contributed by atoms with Crippen LogP contribution in [0.4, 0.5) is 0 Å². The van der Waals surface area contributed by atoms with Crippen molar-refractivity contribution in [3.63, 3.8) is 0 Å². The second-order valence-corrected chi connectivity index (χ2v) is 6.05. The third kappa shape index (κ3) is 3.38. The molecule has 0 atom stereocenters. The summed E-state index contributed by atoms with van der Waals surface area (Å²) in [7, 11) is 0. The third-order valence-electron chi connectivity index (χ3n) is 2.35. The van der Waals surface area contributed by atoms with Gasteiger partial charge in [0.25, 0.3) is 0 Å². The van der Waals surface area contributed by atoms with Crippen LogP contribution in [0.1, 0.15) is 20.9 Å². The van der Waals surface area contributed by atoms with Crippen molar-refractivity contribution >= 4 is 33.2 Å². The molecule has 0 radical (unpaired) electrons. The van der Waals surface area contributed by atoms with Gasteiger partial charge in [-0.25, -0.2) is 9.78 Å². The van der Waals surface area contributed by atoms with E-state index in [0.29, 0.717) is 5.56 Å². The molecule has 0 aliphatic carbocycles. The smallest absolute Gasteiger partial charge is 0.335 e. The lowest BCUT2D eigenvalue weighted by Crippen LogP contribution is -1.96. The first-order valence-electron chi connectivity index (χ1n) is 5.07. The molecule has 1 heterocycles. The van der Waals surface area contributed by atoms with Crippen LogP contribution in [0.5, 0.6) is 0 Å². The normalized spacial score (nSPS) is 10.4. The summed E-state index contributed by atoms with van der Waals surface area (Å²) in [5.74, 6) is -0.889. The second-order valence-electron chi connectivity index (χ2n) is 3.56. The van der Waals surface area contributed by atoms with Gasteiger partial charge in [-0.2, -0.15) is 0 Å². The highest BCUT2D eigenvalue weighted by atomic mass is 79.9. The van der Waals surface area contributed by atoms with Crippen LogP contribution in [0.25, 0.3) is 0 Å². The van der Waals surface area contributed by atoms with Crippen LogP contribution in [-0.2, 0) is 12.8 Å². The number of carbonyl (C=O) groups is 1. The van der Waals surface area contributed by atoms with E-state index in [1.807, 2.05) is 12.1 Å². The Morgan fingerprint density at radius 2 is 2.00 bits per heavy atom. The molecule has 0 fully saturated rings. The van der Waals surface area contributed by atoms with E-state index in [1.54, 1.807) is 29.7 Å². The zero-order valence-corrected chi connectivity index (χ0v) is 11.3. The van der Waals surface area contributed by atoms with E-state index >= 15 is 0 Å². The van der Waals surface area contributed by atoms with Crippen LogP contribution in [0.2, 0.25) is 0 Å². The summed E-state index contributed by atoms with van der Waals surface area (Å²) in [6.07, 6.45) is 3.55. The zero-order valence-electron chi connectivity index (χ0n) is 8.89. The molecule has 1 N–H and O–H groups in total. The Morgan fingerprint density at radius 3 is 2.53 bits per heavy atom. The molecule has 2 rings (SSSR count). The maximum atomic E-state index is 10.7. The molecular formula is C12H10BrNO2S. The zero-order chi connectivity index (χ0) is 12.3. The minimum atomic E-state index is -0.889. The fraction of sp³-hybridized carbons (Fsp3) is 0.167. The van der Waals surface area contributed by atoms with Crippen molar-refractivity contribution < 1.29 is 9.90 Å². The van der Waals surface area contributed by atoms with Crippen molar-refractivity contribution in [2.24, 2.45) is 0 Å². The van der Waals surface area contributed by atoms with Crippen molar-refractivity contribution in [3.8, 4) is 0 Å². The van der Waals surface area contributed by atoms with Gasteiger partial charge in [-0.3, -0.25) is 0 Å². The number of aromatic carboxylic acids is 1. The number of rotatable bonds is 4. The summed E-state index contributed by atoms with van der Waals surface area (Å²) in [6.45, 7) is 0. The van der Waals surface area contributed by atoms with Crippen LogP contribution in [0.15, 0.2) is 34.2 Å². The van der Waals surface area contributed by atoms with Gasteiger partial charge in [0, 0.05) is 6.42 Å². The monoisotopic (exact) mass is 311 g/mol. The molecule has 2 aromatic rings. The van der Waals surface area contributed by atoms with Gasteiger partial charge < -0.3 is 5.11 Å². The summed E-state index contributed by atoms with van der Waals surface area (Å²) < 4.78 is 1.04. The van der Waals surface area contributed by atoms with Gasteiger partial charge in [0.05, 0.1) is 20.6 Å². The van der Waals surface area contributed by atoms with Crippen molar-refractivity contribution in [2.45, 2.75) is 12.8 Å². The predicted molar refractivity (Wildman–Crippen MR) is 70.6 cm³/mol. The number of aryl methyl sites for hydroxylation is 2. The number of hydrogen-bond acceptors (Lipinski definition) is 3. The number of benzene rings is 1. The number of carboxylic acids is 1. The Labute approximate surface area is 111 Å². The molecule has 1 aromatic heterocycles. The highest BCUT2D eigenvalue weighted by molar-refractivity contribution is 9.11. The van der Waals surface area contributed by atoms with Crippen molar-refractivity contribution in [3.05, 3.63) is 50.4 Å². The quantitative estimate of drug-likeness (QED) is 0.941. The van der Waals surface area contributed by atoms with Gasteiger partial charge in [0.2, 0.25) is 0 Å². The average molecular weight is 312 g/mol. The molecule has 17 heavy (non-hydrogen) atoms. The summed E-state index contributed by atoms with van der Waals surface area (Å²) >= 11 is 5.00. The number of carboxylic acid groups (broad SMARTS) is 1. The van der Waals surface area contributed by atoms with Gasteiger partial charge in [0.15, 0.2) is 0 Å². The Hall–Kier alpha value is -1.20. The second kappa shape index (κ2) is 5.42. The van der Waals surface area contributed by atoms with E-state index in [1.165, 1.54) is 0 Å². The summed E-state index contributed by atoms with van der Waals surface area (Å²) in [5.41, 5.74) is 1.45. The summed E-state index contributed by atoms with van der Waals surface area (Å²) in [4.78, 5) is 14.9. The van der Waals surface area contributed by atoms with Crippen LogP contribution >= 0.6 is 27.3 Å². The van der Waals surface area contributed by atoms with Gasteiger partial charge in [-0.05, 0) is 40.0 Å². The van der Waals surface area contributed by atoms with E-state index in [0.717, 1.165) is 27.2 Å². The molecular weight excluding hydrogens is 302 g/mol. The molecule has 3 nitrogen and oxygen atoms in total. The van der Waals surface area contributed by atoms with E-state index < -0.39 is 5.97 Å². The van der Waals surface area contributed by atoms with E-state index in [-0.39, 0.29) is 0 Å². The highest BCUT2D eigenvalue weighted by Gasteiger charge is 2.03. The molecule has 5 heteroatoms. The summed E-state index contributed by atoms with van der Waals surface area (Å²) in [6, 6.07) is 6.98. The largest absolute Gasteiger partial charge is 0.478 e. The number of aromatic nitrogens is 1. The highest BCUT2D eigenvalue weighted by Crippen LogP contribution is 2.20. The number of thiazole rings is 1. The molecule has 0 aliphatic rings. The first kappa shape index (κ1) is 12.3. The fourth-order valence-corrected chi connectivity index (χ4v) is 2.77.